The van der Waals surface area contributed by atoms with Crippen LogP contribution in [0.1, 0.15) is 11.1 Å². The average molecular weight is 441 g/mol. The van der Waals surface area contributed by atoms with Crippen molar-refractivity contribution >= 4 is 52.0 Å². The molecule has 1 aliphatic rings. The number of hydrogen-bond acceptors (Lipinski definition) is 3. The van der Waals surface area contributed by atoms with Gasteiger partial charge in [0, 0.05) is 15.7 Å². The highest BCUT2D eigenvalue weighted by molar-refractivity contribution is 6.46. The molecule has 150 valence electrons. The van der Waals surface area contributed by atoms with Crippen molar-refractivity contribution in [3.63, 3.8) is 0 Å². The summed E-state index contributed by atoms with van der Waals surface area (Å²) < 4.78 is 13.8. The van der Waals surface area contributed by atoms with Crippen molar-refractivity contribution in [3.05, 3.63) is 99.4 Å². The molecule has 1 aliphatic heterocycles. The molecular formula is C23H15Cl2FN2O2. The van der Waals surface area contributed by atoms with Gasteiger partial charge < -0.3 is 5.32 Å². The van der Waals surface area contributed by atoms with E-state index in [1.54, 1.807) is 42.5 Å². The maximum Gasteiger partial charge on any atom is 0.282 e. The van der Waals surface area contributed by atoms with Gasteiger partial charge >= 0.3 is 0 Å². The van der Waals surface area contributed by atoms with E-state index in [-0.39, 0.29) is 17.0 Å². The van der Waals surface area contributed by atoms with E-state index in [1.165, 1.54) is 18.2 Å². The Morgan fingerprint density at radius 2 is 1.57 bits per heavy atom. The third-order valence-electron chi connectivity index (χ3n) is 4.73. The Kier molecular flexibility index (Phi) is 5.33. The van der Waals surface area contributed by atoms with Crippen LogP contribution in [-0.4, -0.2) is 11.8 Å². The second kappa shape index (κ2) is 7.94. The number of aryl methyl sites for hydroxylation is 1. The first-order chi connectivity index (χ1) is 14.3. The van der Waals surface area contributed by atoms with Crippen LogP contribution in [0.3, 0.4) is 0 Å². The number of rotatable bonds is 4. The summed E-state index contributed by atoms with van der Waals surface area (Å²) in [6.45, 7) is 1.84. The van der Waals surface area contributed by atoms with Gasteiger partial charge in [0.05, 0.1) is 11.3 Å². The summed E-state index contributed by atoms with van der Waals surface area (Å²) in [6, 6.07) is 17.1. The van der Waals surface area contributed by atoms with Gasteiger partial charge in [0.1, 0.15) is 11.5 Å². The first kappa shape index (κ1) is 20.1. The predicted molar refractivity (Wildman–Crippen MR) is 117 cm³/mol. The fourth-order valence-corrected chi connectivity index (χ4v) is 3.63. The van der Waals surface area contributed by atoms with E-state index in [2.05, 4.69) is 5.32 Å². The number of anilines is 2. The van der Waals surface area contributed by atoms with Crippen LogP contribution >= 0.6 is 23.2 Å². The lowest BCUT2D eigenvalue weighted by Crippen LogP contribution is -2.32. The van der Waals surface area contributed by atoms with Gasteiger partial charge in [-0.05, 0) is 66.6 Å². The summed E-state index contributed by atoms with van der Waals surface area (Å²) in [4.78, 5) is 27.5. The van der Waals surface area contributed by atoms with Gasteiger partial charge in [-0.3, -0.25) is 9.59 Å². The number of imide groups is 1. The fraction of sp³-hybridized carbons (Fsp3) is 0.0435. The lowest BCUT2D eigenvalue weighted by Gasteiger charge is -2.16. The third-order valence-corrected chi connectivity index (χ3v) is 5.22. The van der Waals surface area contributed by atoms with E-state index in [1.807, 2.05) is 6.92 Å². The second-order valence-electron chi connectivity index (χ2n) is 6.77. The maximum absolute atomic E-state index is 13.8. The molecule has 4 nitrogen and oxygen atoms in total. The third kappa shape index (κ3) is 3.70. The smallest absolute Gasteiger partial charge is 0.282 e. The summed E-state index contributed by atoms with van der Waals surface area (Å²) in [5.74, 6) is -1.68. The average Bonchev–Trinajstić information content (AvgIpc) is 2.94. The molecule has 30 heavy (non-hydrogen) atoms. The molecule has 1 heterocycles. The van der Waals surface area contributed by atoms with Crippen molar-refractivity contribution < 1.29 is 14.0 Å². The minimum atomic E-state index is -0.579. The molecule has 3 aromatic carbocycles. The quantitative estimate of drug-likeness (QED) is 0.518. The highest BCUT2D eigenvalue weighted by atomic mass is 35.5. The van der Waals surface area contributed by atoms with Gasteiger partial charge in [-0.25, -0.2) is 9.29 Å². The number of carbonyl (C=O) groups is 2. The maximum atomic E-state index is 13.8. The summed E-state index contributed by atoms with van der Waals surface area (Å²) in [6.07, 6.45) is 0. The predicted octanol–water partition coefficient (Wildman–Crippen LogP) is 5.84. The second-order valence-corrected chi connectivity index (χ2v) is 7.64. The molecule has 0 unspecified atom stereocenters. The Hall–Kier alpha value is -3.15. The normalized spacial score (nSPS) is 13.9. The zero-order chi connectivity index (χ0) is 21.4. The molecule has 0 bridgehead atoms. The number of amides is 2. The Balaban J connectivity index is 1.84. The molecule has 0 aromatic heterocycles. The fourth-order valence-electron chi connectivity index (χ4n) is 3.28. The van der Waals surface area contributed by atoms with E-state index < -0.39 is 17.6 Å². The minimum Gasteiger partial charge on any atom is -0.350 e. The van der Waals surface area contributed by atoms with E-state index >= 15 is 0 Å². The molecule has 7 heteroatoms. The number of hydrogen-bond donors (Lipinski definition) is 1. The number of halogens is 3. The molecule has 2 amide bonds. The van der Waals surface area contributed by atoms with E-state index in [4.69, 9.17) is 23.2 Å². The summed E-state index contributed by atoms with van der Waals surface area (Å²) in [5, 5.41) is 4.13. The molecule has 0 saturated heterocycles. The lowest BCUT2D eigenvalue weighted by atomic mass is 10.0. The van der Waals surface area contributed by atoms with E-state index in [0.29, 0.717) is 21.3 Å². The molecule has 1 N–H and O–H groups in total. The number of nitrogens with one attached hydrogen (secondary N) is 1. The van der Waals surface area contributed by atoms with Gasteiger partial charge in [-0.1, -0.05) is 41.4 Å². The summed E-state index contributed by atoms with van der Waals surface area (Å²) >= 11 is 12.0. The first-order valence-electron chi connectivity index (χ1n) is 9.03. The van der Waals surface area contributed by atoms with Crippen molar-refractivity contribution in [3.8, 4) is 0 Å². The SMILES string of the molecule is Cc1cc(Cl)ccc1NC1=C(c2ccc(Cl)cc2)C(=O)N(c2cccc(F)c2)C1=O. The van der Waals surface area contributed by atoms with Crippen LogP contribution in [-0.2, 0) is 9.59 Å². The van der Waals surface area contributed by atoms with Crippen LogP contribution in [0.15, 0.2) is 72.4 Å². The van der Waals surface area contributed by atoms with Gasteiger partial charge in [-0.2, -0.15) is 0 Å². The van der Waals surface area contributed by atoms with Crippen LogP contribution < -0.4 is 10.2 Å². The number of nitrogens with zero attached hydrogens (tertiary/aromatic N) is 1. The van der Waals surface area contributed by atoms with Crippen LogP contribution in [0.5, 0.6) is 0 Å². The molecule has 3 aromatic rings. The largest absolute Gasteiger partial charge is 0.350 e. The molecule has 0 atom stereocenters. The molecule has 0 aliphatic carbocycles. The molecule has 4 rings (SSSR count). The highest BCUT2D eigenvalue weighted by Gasteiger charge is 2.40. The minimum absolute atomic E-state index is 0.0945. The standard InChI is InChI=1S/C23H15Cl2FN2O2/c1-13-11-16(25)9-10-19(13)27-21-20(14-5-7-15(24)8-6-14)22(29)28(23(21)30)18-4-2-3-17(26)12-18/h2-12,27H,1H3. The molecule has 0 spiro atoms. The summed E-state index contributed by atoms with van der Waals surface area (Å²) in [7, 11) is 0. The Morgan fingerprint density at radius 3 is 2.23 bits per heavy atom. The number of carbonyl (C=O) groups excluding carboxylic acids is 2. The lowest BCUT2D eigenvalue weighted by molar-refractivity contribution is -0.120. The van der Waals surface area contributed by atoms with Gasteiger partial charge in [0.15, 0.2) is 0 Å². The molecule has 0 fully saturated rings. The zero-order valence-corrected chi connectivity index (χ0v) is 17.3. The Labute approximate surface area is 182 Å². The van der Waals surface area contributed by atoms with Crippen LogP contribution in [0, 0.1) is 12.7 Å². The zero-order valence-electron chi connectivity index (χ0n) is 15.7. The first-order valence-corrected chi connectivity index (χ1v) is 9.78. The topological polar surface area (TPSA) is 49.4 Å². The summed E-state index contributed by atoms with van der Waals surface area (Å²) in [5.41, 5.74) is 2.37. The van der Waals surface area contributed by atoms with Crippen LogP contribution in [0.2, 0.25) is 10.0 Å². The molecule has 0 saturated carbocycles. The van der Waals surface area contributed by atoms with Crippen molar-refractivity contribution in [2.75, 3.05) is 10.2 Å². The van der Waals surface area contributed by atoms with Crippen LogP contribution in [0.25, 0.3) is 5.57 Å². The molecule has 0 radical (unpaired) electrons. The van der Waals surface area contributed by atoms with E-state index in [9.17, 15) is 14.0 Å². The van der Waals surface area contributed by atoms with Crippen molar-refractivity contribution in [1.82, 2.24) is 0 Å². The van der Waals surface area contributed by atoms with E-state index in [0.717, 1.165) is 16.5 Å². The molecular weight excluding hydrogens is 426 g/mol. The van der Waals surface area contributed by atoms with Crippen molar-refractivity contribution in [2.45, 2.75) is 6.92 Å². The Morgan fingerprint density at radius 1 is 0.867 bits per heavy atom. The van der Waals surface area contributed by atoms with Gasteiger partial charge in [0.25, 0.3) is 11.8 Å². The van der Waals surface area contributed by atoms with Gasteiger partial charge in [0.2, 0.25) is 0 Å². The number of benzene rings is 3. The Bertz CT molecular complexity index is 1210. The highest BCUT2D eigenvalue weighted by Crippen LogP contribution is 2.35. The van der Waals surface area contributed by atoms with Gasteiger partial charge in [-0.15, -0.1) is 0 Å². The monoisotopic (exact) mass is 440 g/mol. The van der Waals surface area contributed by atoms with Crippen LogP contribution in [0.4, 0.5) is 15.8 Å². The van der Waals surface area contributed by atoms with Crippen molar-refractivity contribution in [2.24, 2.45) is 0 Å². The van der Waals surface area contributed by atoms with Crippen molar-refractivity contribution in [1.29, 1.82) is 0 Å².